The summed E-state index contributed by atoms with van der Waals surface area (Å²) in [6.07, 6.45) is 3.68. The van der Waals surface area contributed by atoms with Crippen molar-refractivity contribution in [3.63, 3.8) is 0 Å². The zero-order valence-corrected chi connectivity index (χ0v) is 18.4. The van der Waals surface area contributed by atoms with Gasteiger partial charge in [0.15, 0.2) is 0 Å². The van der Waals surface area contributed by atoms with Gasteiger partial charge in [0.2, 0.25) is 11.9 Å². The van der Waals surface area contributed by atoms with Crippen molar-refractivity contribution in [2.24, 2.45) is 0 Å². The van der Waals surface area contributed by atoms with Gasteiger partial charge in [-0.05, 0) is 61.2 Å². The lowest BCUT2D eigenvalue weighted by Crippen LogP contribution is -2.37. The molecule has 1 aliphatic heterocycles. The second kappa shape index (κ2) is 9.00. The Labute approximate surface area is 180 Å². The maximum absolute atomic E-state index is 13.1. The van der Waals surface area contributed by atoms with E-state index in [0.29, 0.717) is 23.7 Å². The smallest absolute Gasteiger partial charge is 0.272 e. The predicted molar refractivity (Wildman–Crippen MR) is 122 cm³/mol. The third-order valence-electron chi connectivity index (χ3n) is 5.81. The molecule has 1 amide bonds. The Morgan fingerprint density at radius 2 is 1.93 bits per heavy atom. The molecule has 1 fully saturated rings. The molecule has 3 aromatic rings. The van der Waals surface area contributed by atoms with Gasteiger partial charge in [0.1, 0.15) is 4.70 Å². The van der Waals surface area contributed by atoms with E-state index >= 15 is 0 Å². The van der Waals surface area contributed by atoms with Crippen molar-refractivity contribution in [1.82, 2.24) is 14.9 Å². The lowest BCUT2D eigenvalue weighted by Gasteiger charge is -2.29. The minimum atomic E-state index is -0.0593. The molecule has 0 saturated carbocycles. The Bertz CT molecular complexity index is 1110. The SMILES string of the molecule is Cc1ccc(CNC(=O)CCn2c(N3CCCCC3)nc3ccsc3c2=O)cc1C. The van der Waals surface area contributed by atoms with Crippen molar-refractivity contribution in [2.75, 3.05) is 18.0 Å². The van der Waals surface area contributed by atoms with E-state index in [9.17, 15) is 9.59 Å². The highest BCUT2D eigenvalue weighted by atomic mass is 32.1. The first-order valence-corrected chi connectivity index (χ1v) is 11.5. The molecule has 0 spiro atoms. The average Bonchev–Trinajstić information content (AvgIpc) is 3.23. The lowest BCUT2D eigenvalue weighted by atomic mass is 10.1. The second-order valence-corrected chi connectivity index (χ2v) is 8.91. The number of rotatable bonds is 6. The van der Waals surface area contributed by atoms with Gasteiger partial charge in [0.25, 0.3) is 5.56 Å². The van der Waals surface area contributed by atoms with Crippen LogP contribution in [-0.4, -0.2) is 28.5 Å². The fourth-order valence-corrected chi connectivity index (χ4v) is 4.66. The molecule has 6 nitrogen and oxygen atoms in total. The Hall–Kier alpha value is -2.67. The number of nitrogens with one attached hydrogen (secondary N) is 1. The summed E-state index contributed by atoms with van der Waals surface area (Å²) in [6, 6.07) is 8.11. The summed E-state index contributed by atoms with van der Waals surface area (Å²) in [5, 5.41) is 4.88. The largest absolute Gasteiger partial charge is 0.352 e. The highest BCUT2D eigenvalue weighted by molar-refractivity contribution is 7.17. The van der Waals surface area contributed by atoms with Gasteiger partial charge in [-0.2, -0.15) is 0 Å². The van der Waals surface area contributed by atoms with Crippen LogP contribution in [0.3, 0.4) is 0 Å². The van der Waals surface area contributed by atoms with Crippen molar-refractivity contribution >= 4 is 33.4 Å². The summed E-state index contributed by atoms with van der Waals surface area (Å²) in [5.74, 6) is 0.642. The Kier molecular flexibility index (Phi) is 6.18. The molecular weight excluding hydrogens is 396 g/mol. The fourth-order valence-electron chi connectivity index (χ4n) is 3.88. The van der Waals surface area contributed by atoms with Crippen LogP contribution in [0.1, 0.15) is 42.4 Å². The normalized spacial score (nSPS) is 14.3. The molecule has 0 aliphatic carbocycles. The van der Waals surface area contributed by atoms with Crippen molar-refractivity contribution in [3.8, 4) is 0 Å². The van der Waals surface area contributed by atoms with Crippen LogP contribution in [0.4, 0.5) is 5.95 Å². The van der Waals surface area contributed by atoms with E-state index in [1.54, 1.807) is 4.57 Å². The number of benzene rings is 1. The number of hydrogen-bond donors (Lipinski definition) is 1. The summed E-state index contributed by atoms with van der Waals surface area (Å²) >= 11 is 1.41. The summed E-state index contributed by atoms with van der Waals surface area (Å²) in [4.78, 5) is 32.6. The van der Waals surface area contributed by atoms with Crippen LogP contribution < -0.4 is 15.8 Å². The third-order valence-corrected chi connectivity index (χ3v) is 6.70. The highest BCUT2D eigenvalue weighted by Crippen LogP contribution is 2.22. The summed E-state index contributed by atoms with van der Waals surface area (Å²) in [6.45, 7) is 6.79. The Balaban J connectivity index is 1.48. The second-order valence-electron chi connectivity index (χ2n) is 8.00. The van der Waals surface area contributed by atoms with Gasteiger partial charge in [-0.3, -0.25) is 14.2 Å². The average molecular weight is 425 g/mol. The molecule has 1 aliphatic rings. The van der Waals surface area contributed by atoms with Crippen molar-refractivity contribution in [3.05, 3.63) is 56.7 Å². The minimum Gasteiger partial charge on any atom is -0.352 e. The van der Waals surface area contributed by atoms with Gasteiger partial charge < -0.3 is 10.2 Å². The molecule has 1 aromatic carbocycles. The first kappa shape index (κ1) is 20.6. The Morgan fingerprint density at radius 3 is 2.70 bits per heavy atom. The number of aromatic nitrogens is 2. The van der Waals surface area contributed by atoms with Crippen molar-refractivity contribution < 1.29 is 4.79 Å². The number of anilines is 1. The number of thiophene rings is 1. The van der Waals surface area contributed by atoms with Gasteiger partial charge >= 0.3 is 0 Å². The molecule has 0 atom stereocenters. The summed E-state index contributed by atoms with van der Waals surface area (Å²) in [5.41, 5.74) is 4.25. The van der Waals surface area contributed by atoms with Crippen LogP contribution in [0.15, 0.2) is 34.4 Å². The van der Waals surface area contributed by atoms with Crippen LogP contribution in [0.5, 0.6) is 0 Å². The van der Waals surface area contributed by atoms with E-state index < -0.39 is 0 Å². The molecule has 0 radical (unpaired) electrons. The van der Waals surface area contributed by atoms with Gasteiger partial charge in [-0.1, -0.05) is 18.2 Å². The number of piperidine rings is 1. The van der Waals surface area contributed by atoms with Gasteiger partial charge in [0, 0.05) is 32.6 Å². The maximum Gasteiger partial charge on any atom is 0.272 e. The maximum atomic E-state index is 13.1. The Morgan fingerprint density at radius 1 is 1.13 bits per heavy atom. The predicted octanol–water partition coefficient (Wildman–Crippen LogP) is 3.77. The lowest BCUT2D eigenvalue weighted by molar-refractivity contribution is -0.121. The molecule has 30 heavy (non-hydrogen) atoms. The van der Waals surface area contributed by atoms with E-state index in [0.717, 1.165) is 37.0 Å². The van der Waals surface area contributed by atoms with E-state index in [-0.39, 0.29) is 17.9 Å². The summed E-state index contributed by atoms with van der Waals surface area (Å²) in [7, 11) is 0. The first-order chi connectivity index (χ1) is 14.5. The number of carbonyl (C=O) groups is 1. The van der Waals surface area contributed by atoms with Crippen LogP contribution >= 0.6 is 11.3 Å². The van der Waals surface area contributed by atoms with Crippen LogP contribution in [0.25, 0.3) is 10.2 Å². The highest BCUT2D eigenvalue weighted by Gasteiger charge is 2.20. The molecule has 3 heterocycles. The van der Waals surface area contributed by atoms with Crippen LogP contribution in [0.2, 0.25) is 0 Å². The minimum absolute atomic E-state index is 0.0440. The molecule has 0 unspecified atom stereocenters. The summed E-state index contributed by atoms with van der Waals surface area (Å²) < 4.78 is 2.35. The molecule has 1 N–H and O–H groups in total. The number of hydrogen-bond acceptors (Lipinski definition) is 5. The van der Waals surface area contributed by atoms with E-state index in [1.807, 2.05) is 17.5 Å². The zero-order chi connectivity index (χ0) is 21.1. The van der Waals surface area contributed by atoms with Crippen molar-refractivity contribution in [2.45, 2.75) is 52.6 Å². The quantitative estimate of drug-likeness (QED) is 0.654. The zero-order valence-electron chi connectivity index (χ0n) is 17.6. The monoisotopic (exact) mass is 424 g/mol. The van der Waals surface area contributed by atoms with Gasteiger partial charge in [-0.25, -0.2) is 4.98 Å². The number of aryl methyl sites for hydroxylation is 2. The number of nitrogens with zero attached hydrogens (tertiary/aromatic N) is 3. The van der Waals surface area contributed by atoms with E-state index in [2.05, 4.69) is 36.2 Å². The molecule has 158 valence electrons. The molecule has 4 rings (SSSR count). The fraction of sp³-hybridized carbons (Fsp3) is 0.435. The molecule has 0 bridgehead atoms. The topological polar surface area (TPSA) is 67.2 Å². The molecule has 7 heteroatoms. The number of fused-ring (bicyclic) bond motifs is 1. The van der Waals surface area contributed by atoms with Crippen LogP contribution in [0, 0.1) is 13.8 Å². The number of amides is 1. The standard InChI is InChI=1S/C23H28N4O2S/c1-16-6-7-18(14-17(16)2)15-24-20(28)8-12-27-22(29)21-19(9-13-30-21)25-23(27)26-10-4-3-5-11-26/h6-7,9,13-14H,3-5,8,10-12,15H2,1-2H3,(H,24,28). The first-order valence-electron chi connectivity index (χ1n) is 10.6. The van der Waals surface area contributed by atoms with Crippen LogP contribution in [-0.2, 0) is 17.9 Å². The van der Waals surface area contributed by atoms with E-state index in [4.69, 9.17) is 4.98 Å². The number of carbonyl (C=O) groups excluding carboxylic acids is 1. The van der Waals surface area contributed by atoms with Gasteiger partial charge in [0.05, 0.1) is 5.52 Å². The molecule has 1 saturated heterocycles. The van der Waals surface area contributed by atoms with Gasteiger partial charge in [-0.15, -0.1) is 11.3 Å². The van der Waals surface area contributed by atoms with E-state index in [1.165, 1.54) is 28.9 Å². The molecular formula is C23H28N4O2S. The van der Waals surface area contributed by atoms with Crippen molar-refractivity contribution in [1.29, 1.82) is 0 Å². The molecule has 2 aromatic heterocycles. The third kappa shape index (κ3) is 4.41.